The summed E-state index contributed by atoms with van der Waals surface area (Å²) in [7, 11) is -3.47. The zero-order valence-corrected chi connectivity index (χ0v) is 12.5. The summed E-state index contributed by atoms with van der Waals surface area (Å²) >= 11 is 0. The van der Waals surface area contributed by atoms with Gasteiger partial charge in [0.1, 0.15) is 5.75 Å². The lowest BCUT2D eigenvalue weighted by Gasteiger charge is -2.21. The summed E-state index contributed by atoms with van der Waals surface area (Å²) in [6.07, 6.45) is 5.53. The summed E-state index contributed by atoms with van der Waals surface area (Å²) in [5.41, 5.74) is 1.87. The van der Waals surface area contributed by atoms with Crippen molar-refractivity contribution in [2.75, 3.05) is 5.75 Å². The van der Waals surface area contributed by atoms with Crippen LogP contribution in [-0.4, -0.2) is 14.2 Å². The van der Waals surface area contributed by atoms with E-state index in [4.69, 9.17) is 4.18 Å². The van der Waals surface area contributed by atoms with Crippen LogP contribution in [0.15, 0.2) is 18.2 Å². The third-order valence-corrected chi connectivity index (χ3v) is 5.04. The van der Waals surface area contributed by atoms with Crippen molar-refractivity contribution in [1.29, 1.82) is 0 Å². The Balaban J connectivity index is 2.05. The second-order valence-electron chi connectivity index (χ2n) is 5.58. The van der Waals surface area contributed by atoms with E-state index in [2.05, 4.69) is 0 Å². The van der Waals surface area contributed by atoms with Crippen LogP contribution >= 0.6 is 0 Å². The van der Waals surface area contributed by atoms with Gasteiger partial charge in [0, 0.05) is 0 Å². The van der Waals surface area contributed by atoms with Crippen molar-refractivity contribution >= 4 is 10.1 Å². The van der Waals surface area contributed by atoms with Gasteiger partial charge in [-0.05, 0) is 49.8 Å². The molecule has 1 aromatic rings. The number of aryl methyl sites for hydroxylation is 2. The van der Waals surface area contributed by atoms with E-state index in [0.29, 0.717) is 5.75 Å². The molecule has 1 saturated carbocycles. The summed E-state index contributed by atoms with van der Waals surface area (Å²) in [4.78, 5) is 0. The highest BCUT2D eigenvalue weighted by atomic mass is 32.2. The van der Waals surface area contributed by atoms with Gasteiger partial charge in [0.25, 0.3) is 0 Å². The van der Waals surface area contributed by atoms with Gasteiger partial charge in [-0.25, -0.2) is 0 Å². The number of hydrogen-bond acceptors (Lipinski definition) is 3. The number of rotatable bonds is 4. The fraction of sp³-hybridized carbons (Fsp3) is 0.600. The molecule has 0 N–H and O–H groups in total. The fourth-order valence-electron chi connectivity index (χ4n) is 2.61. The topological polar surface area (TPSA) is 43.4 Å². The highest BCUT2D eigenvalue weighted by Gasteiger charge is 2.23. The van der Waals surface area contributed by atoms with Gasteiger partial charge >= 0.3 is 10.1 Å². The highest BCUT2D eigenvalue weighted by Crippen LogP contribution is 2.27. The second-order valence-corrected chi connectivity index (χ2v) is 7.20. The first-order chi connectivity index (χ1) is 8.96. The van der Waals surface area contributed by atoms with E-state index in [0.717, 1.165) is 36.8 Å². The minimum atomic E-state index is -3.47. The Morgan fingerprint density at radius 3 is 2.53 bits per heavy atom. The monoisotopic (exact) mass is 282 g/mol. The molecule has 1 aromatic carbocycles. The molecule has 0 spiro atoms. The molecule has 0 atom stereocenters. The summed E-state index contributed by atoms with van der Waals surface area (Å²) < 4.78 is 29.5. The molecule has 1 aliphatic carbocycles. The normalized spacial score (nSPS) is 17.4. The van der Waals surface area contributed by atoms with Crippen LogP contribution < -0.4 is 4.18 Å². The van der Waals surface area contributed by atoms with Crippen LogP contribution in [0.5, 0.6) is 5.75 Å². The predicted octanol–water partition coefficient (Wildman–Crippen LogP) is 3.59. The fourth-order valence-corrected chi connectivity index (χ4v) is 4.04. The minimum Gasteiger partial charge on any atom is -0.382 e. The molecule has 1 fully saturated rings. The van der Waals surface area contributed by atoms with Gasteiger partial charge in [0.05, 0.1) is 5.75 Å². The van der Waals surface area contributed by atoms with Crippen LogP contribution in [-0.2, 0) is 10.1 Å². The Morgan fingerprint density at radius 2 is 1.84 bits per heavy atom. The van der Waals surface area contributed by atoms with Crippen LogP contribution in [0.3, 0.4) is 0 Å². The predicted molar refractivity (Wildman–Crippen MR) is 76.9 cm³/mol. The molecule has 0 aromatic heterocycles. The van der Waals surface area contributed by atoms with Crippen LogP contribution in [0.2, 0.25) is 0 Å². The Hall–Kier alpha value is -1.03. The largest absolute Gasteiger partial charge is 0.382 e. The van der Waals surface area contributed by atoms with E-state index >= 15 is 0 Å². The molecule has 0 unspecified atom stereocenters. The van der Waals surface area contributed by atoms with Crippen LogP contribution in [0, 0.1) is 19.8 Å². The van der Waals surface area contributed by atoms with Gasteiger partial charge in [-0.15, -0.1) is 0 Å². The molecule has 0 saturated heterocycles. The van der Waals surface area contributed by atoms with E-state index in [-0.39, 0.29) is 11.7 Å². The molecule has 0 heterocycles. The van der Waals surface area contributed by atoms with Gasteiger partial charge < -0.3 is 4.18 Å². The molecule has 0 aliphatic heterocycles. The Morgan fingerprint density at radius 1 is 1.16 bits per heavy atom. The third-order valence-electron chi connectivity index (χ3n) is 3.72. The van der Waals surface area contributed by atoms with Crippen LogP contribution in [0.4, 0.5) is 0 Å². The number of benzene rings is 1. The quantitative estimate of drug-likeness (QED) is 0.793. The van der Waals surface area contributed by atoms with Crippen molar-refractivity contribution in [3.8, 4) is 5.75 Å². The van der Waals surface area contributed by atoms with Gasteiger partial charge in [0.2, 0.25) is 0 Å². The molecule has 0 amide bonds. The lowest BCUT2D eigenvalue weighted by atomic mass is 9.91. The van der Waals surface area contributed by atoms with Crippen molar-refractivity contribution in [2.45, 2.75) is 46.0 Å². The Bertz CT molecular complexity index is 528. The molecule has 0 radical (unpaired) electrons. The highest BCUT2D eigenvalue weighted by molar-refractivity contribution is 7.87. The molecule has 0 bridgehead atoms. The summed E-state index contributed by atoms with van der Waals surface area (Å²) in [5.74, 6) is 0.889. The zero-order chi connectivity index (χ0) is 13.9. The van der Waals surface area contributed by atoms with Crippen molar-refractivity contribution in [1.82, 2.24) is 0 Å². The second kappa shape index (κ2) is 5.95. The summed E-state index contributed by atoms with van der Waals surface area (Å²) in [5, 5.41) is 0. The summed E-state index contributed by atoms with van der Waals surface area (Å²) in [6.45, 7) is 3.80. The van der Waals surface area contributed by atoms with Crippen LogP contribution in [0.25, 0.3) is 0 Å². The standard InChI is InChI=1S/C15H22O3S/c1-12-8-9-13(2)15(10-12)18-19(16,17)11-14-6-4-3-5-7-14/h8-10,14H,3-7,11H2,1-2H3. The van der Waals surface area contributed by atoms with Gasteiger partial charge in [-0.1, -0.05) is 31.4 Å². The van der Waals surface area contributed by atoms with Crippen LogP contribution in [0.1, 0.15) is 43.2 Å². The average Bonchev–Trinajstić information content (AvgIpc) is 2.34. The lowest BCUT2D eigenvalue weighted by Crippen LogP contribution is -2.22. The van der Waals surface area contributed by atoms with Crippen molar-refractivity contribution in [3.63, 3.8) is 0 Å². The van der Waals surface area contributed by atoms with Crippen molar-refractivity contribution < 1.29 is 12.6 Å². The third kappa shape index (κ3) is 4.23. The minimum absolute atomic E-state index is 0.153. The van der Waals surface area contributed by atoms with E-state index in [1.54, 1.807) is 6.07 Å². The zero-order valence-electron chi connectivity index (χ0n) is 11.7. The molecular weight excluding hydrogens is 260 g/mol. The first-order valence-corrected chi connectivity index (χ1v) is 8.53. The smallest absolute Gasteiger partial charge is 0.309 e. The first-order valence-electron chi connectivity index (χ1n) is 6.96. The number of hydrogen-bond donors (Lipinski definition) is 0. The van der Waals surface area contributed by atoms with E-state index in [1.807, 2.05) is 26.0 Å². The average molecular weight is 282 g/mol. The maximum absolute atomic E-state index is 12.1. The molecule has 4 heteroatoms. The maximum atomic E-state index is 12.1. The molecule has 1 aliphatic rings. The molecule has 2 rings (SSSR count). The Kier molecular flexibility index (Phi) is 4.50. The van der Waals surface area contributed by atoms with E-state index in [1.165, 1.54) is 6.42 Å². The molecule has 19 heavy (non-hydrogen) atoms. The molecule has 106 valence electrons. The lowest BCUT2D eigenvalue weighted by molar-refractivity contribution is 0.375. The van der Waals surface area contributed by atoms with Gasteiger partial charge in [0.15, 0.2) is 0 Å². The van der Waals surface area contributed by atoms with Crippen molar-refractivity contribution in [3.05, 3.63) is 29.3 Å². The van der Waals surface area contributed by atoms with Crippen molar-refractivity contribution in [2.24, 2.45) is 5.92 Å². The van der Waals surface area contributed by atoms with E-state index in [9.17, 15) is 8.42 Å². The van der Waals surface area contributed by atoms with E-state index < -0.39 is 10.1 Å². The molecule has 3 nitrogen and oxygen atoms in total. The van der Waals surface area contributed by atoms with Gasteiger partial charge in [-0.2, -0.15) is 8.42 Å². The maximum Gasteiger partial charge on any atom is 0.309 e. The van der Waals surface area contributed by atoms with Gasteiger partial charge in [-0.3, -0.25) is 0 Å². The first kappa shape index (κ1) is 14.4. The Labute approximate surface area is 116 Å². The molecular formula is C15H22O3S. The summed E-state index contributed by atoms with van der Waals surface area (Å²) in [6, 6.07) is 5.63. The SMILES string of the molecule is Cc1ccc(C)c(OS(=O)(=O)CC2CCCCC2)c1.